The summed E-state index contributed by atoms with van der Waals surface area (Å²) in [5.41, 5.74) is 4.34. The van der Waals surface area contributed by atoms with Crippen molar-refractivity contribution in [2.75, 3.05) is 10.6 Å². The number of unbranched alkanes of at least 4 members (excludes halogenated alkanes) is 1. The molecule has 0 aliphatic heterocycles. The summed E-state index contributed by atoms with van der Waals surface area (Å²) in [6.45, 7) is 0. The van der Waals surface area contributed by atoms with Gasteiger partial charge >= 0.3 is 5.97 Å². The Morgan fingerprint density at radius 2 is 1.88 bits per heavy atom. The Balaban J connectivity index is 1.78. The van der Waals surface area contributed by atoms with Crippen LogP contribution in [-0.4, -0.2) is 21.2 Å². The molecule has 8 heteroatoms. The lowest BCUT2D eigenvalue weighted by molar-refractivity contribution is -0.137. The van der Waals surface area contributed by atoms with Gasteiger partial charge in [0.2, 0.25) is 0 Å². The normalized spacial score (nSPS) is 11.1. The molecule has 1 heterocycles. The van der Waals surface area contributed by atoms with Gasteiger partial charge < -0.3 is 15.7 Å². The number of carboxylic acid groups (broad SMARTS) is 1. The van der Waals surface area contributed by atoms with Crippen molar-refractivity contribution >= 4 is 63.4 Å². The number of rotatable bonds is 8. The highest BCUT2D eigenvalue weighted by Gasteiger charge is 2.08. The molecule has 0 atom stereocenters. The highest BCUT2D eigenvalue weighted by Crippen LogP contribution is 2.27. The molecule has 0 saturated carbocycles. The van der Waals surface area contributed by atoms with E-state index in [1.54, 1.807) is 30.6 Å². The zero-order valence-corrected chi connectivity index (χ0v) is 19.3. The third kappa shape index (κ3) is 7.05. The molecule has 3 N–H and O–H groups in total. The quantitative estimate of drug-likeness (QED) is 0.238. The van der Waals surface area contributed by atoms with Crippen LogP contribution < -0.4 is 10.6 Å². The van der Waals surface area contributed by atoms with Gasteiger partial charge in [0.1, 0.15) is 0 Å². The van der Waals surface area contributed by atoms with E-state index in [2.05, 4.69) is 15.6 Å². The Morgan fingerprint density at radius 1 is 1.06 bits per heavy atom. The van der Waals surface area contributed by atoms with E-state index in [0.29, 0.717) is 33.7 Å². The SMILES string of the molecule is O=C(O)CCC/C=C(\c1cccnc1)c1cccc(NC(=S)Nc2ccc(Cl)cc2Cl)c1. The van der Waals surface area contributed by atoms with Crippen LogP contribution in [0, 0.1) is 0 Å². The number of aliphatic carboxylic acids is 1. The van der Waals surface area contributed by atoms with Gasteiger partial charge in [-0.3, -0.25) is 9.78 Å². The first-order valence-electron chi connectivity index (χ1n) is 9.88. The molecule has 2 aromatic carbocycles. The highest BCUT2D eigenvalue weighted by atomic mass is 35.5. The number of nitrogens with one attached hydrogen (secondary N) is 2. The first-order chi connectivity index (χ1) is 15.4. The number of aromatic nitrogens is 1. The predicted octanol–water partition coefficient (Wildman–Crippen LogP) is 6.88. The van der Waals surface area contributed by atoms with Crippen LogP contribution in [0.3, 0.4) is 0 Å². The number of nitrogens with zero attached hydrogens (tertiary/aromatic N) is 1. The molecule has 0 aliphatic rings. The van der Waals surface area contributed by atoms with Crippen molar-refractivity contribution in [1.29, 1.82) is 0 Å². The van der Waals surface area contributed by atoms with Crippen molar-refractivity contribution in [3.05, 3.63) is 94.2 Å². The molecule has 0 radical (unpaired) electrons. The largest absolute Gasteiger partial charge is 0.481 e. The van der Waals surface area contributed by atoms with Gasteiger partial charge in [-0.15, -0.1) is 0 Å². The van der Waals surface area contributed by atoms with E-state index in [9.17, 15) is 4.79 Å². The minimum absolute atomic E-state index is 0.131. The standard InChI is InChI=1S/C24H21Cl2N3O2S/c25-18-10-11-22(21(26)14-18)29-24(32)28-19-7-3-5-16(13-19)20(8-1-2-9-23(30)31)17-6-4-12-27-15-17/h3-8,10-15H,1-2,9H2,(H,30,31)(H2,28,29,32)/b20-8-. The maximum Gasteiger partial charge on any atom is 0.303 e. The summed E-state index contributed by atoms with van der Waals surface area (Å²) in [7, 11) is 0. The third-order valence-electron chi connectivity index (χ3n) is 4.53. The Morgan fingerprint density at radius 3 is 2.59 bits per heavy atom. The first kappa shape index (κ1) is 23.7. The molecule has 0 bridgehead atoms. The summed E-state index contributed by atoms with van der Waals surface area (Å²) >= 11 is 17.6. The average Bonchev–Trinajstić information content (AvgIpc) is 2.76. The molecular weight excluding hydrogens is 465 g/mol. The number of carbonyl (C=O) groups is 1. The van der Waals surface area contributed by atoms with Crippen molar-refractivity contribution < 1.29 is 9.90 Å². The predicted molar refractivity (Wildman–Crippen MR) is 136 cm³/mol. The van der Waals surface area contributed by atoms with Gasteiger partial charge in [0.25, 0.3) is 0 Å². The van der Waals surface area contributed by atoms with Crippen LogP contribution in [0.1, 0.15) is 30.4 Å². The summed E-state index contributed by atoms with van der Waals surface area (Å²) in [5, 5.41) is 16.5. The van der Waals surface area contributed by atoms with E-state index in [1.165, 1.54) is 0 Å². The second-order valence-corrected chi connectivity index (χ2v) is 8.18. The Labute approximate surface area is 202 Å². The number of anilines is 2. The number of thiocarbonyl (C=S) groups is 1. The maximum absolute atomic E-state index is 10.8. The van der Waals surface area contributed by atoms with Crippen molar-refractivity contribution in [2.45, 2.75) is 19.3 Å². The van der Waals surface area contributed by atoms with E-state index in [-0.39, 0.29) is 6.42 Å². The van der Waals surface area contributed by atoms with Gasteiger partial charge in [-0.25, -0.2) is 0 Å². The van der Waals surface area contributed by atoms with Crippen molar-refractivity contribution in [3.8, 4) is 0 Å². The Kier molecular flexibility index (Phi) is 8.62. The second-order valence-electron chi connectivity index (χ2n) is 6.93. The molecule has 0 saturated heterocycles. The number of pyridine rings is 1. The van der Waals surface area contributed by atoms with Crippen LogP contribution in [0.2, 0.25) is 10.0 Å². The summed E-state index contributed by atoms with van der Waals surface area (Å²) in [5.74, 6) is -0.797. The molecular formula is C24H21Cl2N3O2S. The Bertz CT molecular complexity index is 1140. The first-order valence-corrected chi connectivity index (χ1v) is 11.0. The lowest BCUT2D eigenvalue weighted by Crippen LogP contribution is -2.19. The lowest BCUT2D eigenvalue weighted by Gasteiger charge is -2.14. The molecule has 0 amide bonds. The highest BCUT2D eigenvalue weighted by molar-refractivity contribution is 7.80. The fourth-order valence-corrected chi connectivity index (χ4v) is 3.75. The van der Waals surface area contributed by atoms with Crippen LogP contribution in [0.5, 0.6) is 0 Å². The Hall–Kier alpha value is -2.93. The van der Waals surface area contributed by atoms with Crippen molar-refractivity contribution in [3.63, 3.8) is 0 Å². The molecule has 0 fully saturated rings. The number of hydrogen-bond acceptors (Lipinski definition) is 3. The average molecular weight is 486 g/mol. The fraction of sp³-hybridized carbons (Fsp3) is 0.125. The van der Waals surface area contributed by atoms with Crippen molar-refractivity contribution in [1.82, 2.24) is 4.98 Å². The van der Waals surface area contributed by atoms with E-state index >= 15 is 0 Å². The second kappa shape index (κ2) is 11.6. The number of allylic oxidation sites excluding steroid dienone is 1. The fourth-order valence-electron chi connectivity index (χ4n) is 3.06. The van der Waals surface area contributed by atoms with E-state index in [0.717, 1.165) is 22.4 Å². The summed E-state index contributed by atoms with van der Waals surface area (Å²) in [4.78, 5) is 15.0. The van der Waals surface area contributed by atoms with Crippen LogP contribution in [-0.2, 0) is 4.79 Å². The van der Waals surface area contributed by atoms with Crippen LogP contribution in [0.25, 0.3) is 5.57 Å². The van der Waals surface area contributed by atoms with E-state index < -0.39 is 5.97 Å². The molecule has 0 unspecified atom stereocenters. The maximum atomic E-state index is 10.8. The van der Waals surface area contributed by atoms with Gasteiger partial charge in [-0.05, 0) is 72.6 Å². The van der Waals surface area contributed by atoms with Crippen LogP contribution >= 0.6 is 35.4 Å². The molecule has 3 aromatic rings. The van der Waals surface area contributed by atoms with Crippen LogP contribution in [0.15, 0.2) is 73.1 Å². The van der Waals surface area contributed by atoms with E-state index in [1.807, 2.05) is 42.5 Å². The zero-order chi connectivity index (χ0) is 22.9. The van der Waals surface area contributed by atoms with Gasteiger partial charge in [0, 0.05) is 35.1 Å². The summed E-state index contributed by atoms with van der Waals surface area (Å²) in [6, 6.07) is 16.8. The number of hydrogen-bond donors (Lipinski definition) is 3. The topological polar surface area (TPSA) is 74.2 Å². The molecule has 0 aliphatic carbocycles. The third-order valence-corrected chi connectivity index (χ3v) is 5.28. The molecule has 32 heavy (non-hydrogen) atoms. The van der Waals surface area contributed by atoms with Gasteiger partial charge in [-0.2, -0.15) is 0 Å². The number of carboxylic acids is 1. The van der Waals surface area contributed by atoms with E-state index in [4.69, 9.17) is 40.5 Å². The van der Waals surface area contributed by atoms with Gasteiger partial charge in [0.15, 0.2) is 5.11 Å². The molecule has 3 rings (SSSR count). The molecule has 5 nitrogen and oxygen atoms in total. The summed E-state index contributed by atoms with van der Waals surface area (Å²) < 4.78 is 0. The molecule has 164 valence electrons. The number of benzene rings is 2. The van der Waals surface area contributed by atoms with Crippen LogP contribution in [0.4, 0.5) is 11.4 Å². The zero-order valence-electron chi connectivity index (χ0n) is 17.0. The van der Waals surface area contributed by atoms with Crippen molar-refractivity contribution in [2.24, 2.45) is 0 Å². The number of halogens is 2. The monoisotopic (exact) mass is 485 g/mol. The minimum Gasteiger partial charge on any atom is -0.481 e. The van der Waals surface area contributed by atoms with Gasteiger partial charge in [0.05, 0.1) is 10.7 Å². The molecule has 1 aromatic heterocycles. The van der Waals surface area contributed by atoms with Gasteiger partial charge in [-0.1, -0.05) is 47.5 Å². The summed E-state index contributed by atoms with van der Waals surface area (Å²) in [6.07, 6.45) is 6.89. The minimum atomic E-state index is -0.797. The molecule has 0 spiro atoms. The lowest BCUT2D eigenvalue weighted by atomic mass is 9.97. The smallest absolute Gasteiger partial charge is 0.303 e.